The molecule has 5 heteroatoms. The summed E-state index contributed by atoms with van der Waals surface area (Å²) in [5.41, 5.74) is 1.04. The third-order valence-corrected chi connectivity index (χ3v) is 3.00. The van der Waals surface area contributed by atoms with Crippen molar-refractivity contribution >= 4 is 12.2 Å². The number of carbonyl (C=O) groups is 1. The Morgan fingerprint density at radius 1 is 1.29 bits per heavy atom. The average molecular weight is 235 g/mol. The number of pyridine rings is 1. The van der Waals surface area contributed by atoms with Crippen LogP contribution in [0.4, 0.5) is 5.82 Å². The van der Waals surface area contributed by atoms with Crippen LogP contribution in [0.2, 0.25) is 0 Å². The minimum Gasteiger partial charge on any atom is -0.396 e. The molecule has 0 bridgehead atoms. The molecule has 0 unspecified atom stereocenters. The Bertz CT molecular complexity index is 359. The first-order valence-electron chi connectivity index (χ1n) is 5.83. The van der Waals surface area contributed by atoms with Crippen molar-refractivity contribution in [1.29, 1.82) is 0 Å². The molecule has 0 atom stereocenters. The lowest BCUT2D eigenvalue weighted by Gasteiger charge is -2.33. The summed E-state index contributed by atoms with van der Waals surface area (Å²) < 4.78 is 0. The van der Waals surface area contributed by atoms with Gasteiger partial charge in [-0.3, -0.25) is 4.79 Å². The van der Waals surface area contributed by atoms with Gasteiger partial charge in [-0.05, 0) is 18.1 Å². The molecular formula is C12H17N3O2. The van der Waals surface area contributed by atoms with E-state index in [2.05, 4.69) is 9.88 Å². The molecule has 0 radical (unpaired) electrons. The molecule has 17 heavy (non-hydrogen) atoms. The van der Waals surface area contributed by atoms with Crippen LogP contribution in [0.5, 0.6) is 0 Å². The second-order valence-electron chi connectivity index (χ2n) is 4.13. The summed E-state index contributed by atoms with van der Waals surface area (Å²) in [7, 11) is 0. The fraction of sp³-hybridized carbons (Fsp3) is 0.500. The lowest BCUT2D eigenvalue weighted by atomic mass is 10.2. The van der Waals surface area contributed by atoms with Gasteiger partial charge in [-0.25, -0.2) is 4.98 Å². The van der Waals surface area contributed by atoms with E-state index in [1.807, 2.05) is 12.1 Å². The number of nitrogens with zero attached hydrogens (tertiary/aromatic N) is 3. The minimum atomic E-state index is 0.152. The molecule has 1 aliphatic rings. The molecule has 92 valence electrons. The van der Waals surface area contributed by atoms with Crippen LogP contribution in [0.25, 0.3) is 0 Å². The van der Waals surface area contributed by atoms with Crippen LogP contribution < -0.4 is 4.90 Å². The Kier molecular flexibility index (Phi) is 3.93. The van der Waals surface area contributed by atoms with Crippen molar-refractivity contribution in [1.82, 2.24) is 9.88 Å². The van der Waals surface area contributed by atoms with Gasteiger partial charge in [0.05, 0.1) is 0 Å². The zero-order valence-electron chi connectivity index (χ0n) is 9.75. The van der Waals surface area contributed by atoms with Crippen molar-refractivity contribution in [2.24, 2.45) is 0 Å². The largest absolute Gasteiger partial charge is 0.396 e. The summed E-state index contributed by atoms with van der Waals surface area (Å²) in [6, 6.07) is 3.96. The van der Waals surface area contributed by atoms with E-state index in [-0.39, 0.29) is 6.61 Å². The van der Waals surface area contributed by atoms with Gasteiger partial charge < -0.3 is 14.9 Å². The van der Waals surface area contributed by atoms with Crippen molar-refractivity contribution in [3.05, 3.63) is 23.9 Å². The number of carbonyl (C=O) groups excluding carboxylic acids is 1. The fourth-order valence-corrected chi connectivity index (χ4v) is 1.94. The summed E-state index contributed by atoms with van der Waals surface area (Å²) in [6.45, 7) is 3.31. The summed E-state index contributed by atoms with van der Waals surface area (Å²) in [5, 5.41) is 8.82. The molecule has 0 aromatic carbocycles. The molecule has 1 aromatic rings. The lowest BCUT2D eigenvalue weighted by Crippen LogP contribution is -2.46. The number of aliphatic hydroxyl groups excluding tert-OH is 1. The van der Waals surface area contributed by atoms with Crippen molar-refractivity contribution in [2.45, 2.75) is 6.42 Å². The van der Waals surface area contributed by atoms with Gasteiger partial charge in [0.15, 0.2) is 0 Å². The molecule has 1 N–H and O–H groups in total. The summed E-state index contributed by atoms with van der Waals surface area (Å²) in [6.07, 6.45) is 3.35. The van der Waals surface area contributed by atoms with Crippen LogP contribution in [-0.4, -0.2) is 54.2 Å². The van der Waals surface area contributed by atoms with E-state index >= 15 is 0 Å². The minimum absolute atomic E-state index is 0.152. The van der Waals surface area contributed by atoms with Gasteiger partial charge in [-0.2, -0.15) is 0 Å². The first-order valence-corrected chi connectivity index (χ1v) is 5.83. The number of piperazine rings is 1. The van der Waals surface area contributed by atoms with Gasteiger partial charge in [0, 0.05) is 39.0 Å². The molecular weight excluding hydrogens is 218 g/mol. The van der Waals surface area contributed by atoms with E-state index in [9.17, 15) is 4.79 Å². The average Bonchev–Trinajstić information content (AvgIpc) is 2.40. The quantitative estimate of drug-likeness (QED) is 0.740. The zero-order valence-corrected chi connectivity index (χ0v) is 9.75. The van der Waals surface area contributed by atoms with Gasteiger partial charge >= 0.3 is 0 Å². The van der Waals surface area contributed by atoms with Crippen LogP contribution in [0.3, 0.4) is 0 Å². The molecule has 0 spiro atoms. The number of rotatable bonds is 4. The predicted molar refractivity (Wildman–Crippen MR) is 64.9 cm³/mol. The highest BCUT2D eigenvalue weighted by atomic mass is 16.2. The van der Waals surface area contributed by atoms with E-state index in [0.717, 1.165) is 44.0 Å². The monoisotopic (exact) mass is 235 g/mol. The molecule has 1 fully saturated rings. The molecule has 5 nitrogen and oxygen atoms in total. The zero-order chi connectivity index (χ0) is 12.1. The maximum atomic E-state index is 10.6. The highest BCUT2D eigenvalue weighted by Crippen LogP contribution is 2.13. The maximum Gasteiger partial charge on any atom is 0.209 e. The second-order valence-corrected chi connectivity index (χ2v) is 4.13. The van der Waals surface area contributed by atoms with Gasteiger partial charge in [-0.1, -0.05) is 6.07 Å². The molecule has 1 aromatic heterocycles. The molecule has 2 rings (SSSR count). The van der Waals surface area contributed by atoms with E-state index in [0.29, 0.717) is 6.42 Å². The molecule has 1 aliphatic heterocycles. The maximum absolute atomic E-state index is 10.6. The van der Waals surface area contributed by atoms with Crippen LogP contribution in [0.1, 0.15) is 5.56 Å². The third-order valence-electron chi connectivity index (χ3n) is 3.00. The lowest BCUT2D eigenvalue weighted by molar-refractivity contribution is -0.118. The SMILES string of the molecule is O=CN1CCN(c2ccc(CCO)cn2)CC1. The third kappa shape index (κ3) is 2.94. The van der Waals surface area contributed by atoms with Gasteiger partial charge in [0.2, 0.25) is 6.41 Å². The Balaban J connectivity index is 1.96. The van der Waals surface area contributed by atoms with Crippen LogP contribution in [0.15, 0.2) is 18.3 Å². The van der Waals surface area contributed by atoms with Crippen molar-refractivity contribution in [2.75, 3.05) is 37.7 Å². The first-order chi connectivity index (χ1) is 8.33. The number of hydrogen-bond acceptors (Lipinski definition) is 4. The molecule has 2 heterocycles. The normalized spacial score (nSPS) is 16.1. The highest BCUT2D eigenvalue weighted by molar-refractivity contribution is 5.49. The molecule has 1 saturated heterocycles. The van der Waals surface area contributed by atoms with Crippen molar-refractivity contribution < 1.29 is 9.90 Å². The predicted octanol–water partition coefficient (Wildman–Crippen LogP) is -0.105. The fourth-order valence-electron chi connectivity index (χ4n) is 1.94. The summed E-state index contributed by atoms with van der Waals surface area (Å²) >= 11 is 0. The molecule has 1 amide bonds. The Labute approximate surface area is 101 Å². The molecule has 0 saturated carbocycles. The second kappa shape index (κ2) is 5.63. The number of amides is 1. The van der Waals surface area contributed by atoms with E-state index in [1.165, 1.54) is 0 Å². The Morgan fingerprint density at radius 3 is 2.59 bits per heavy atom. The number of aliphatic hydroxyl groups is 1. The van der Waals surface area contributed by atoms with Crippen LogP contribution in [-0.2, 0) is 11.2 Å². The summed E-state index contributed by atoms with van der Waals surface area (Å²) in [4.78, 5) is 18.9. The molecule has 0 aliphatic carbocycles. The Hall–Kier alpha value is -1.62. The highest BCUT2D eigenvalue weighted by Gasteiger charge is 2.16. The van der Waals surface area contributed by atoms with Crippen LogP contribution >= 0.6 is 0 Å². The summed E-state index contributed by atoms with van der Waals surface area (Å²) in [5.74, 6) is 0.942. The topological polar surface area (TPSA) is 56.7 Å². The van der Waals surface area contributed by atoms with Gasteiger partial charge in [0.1, 0.15) is 5.82 Å². The van der Waals surface area contributed by atoms with Crippen molar-refractivity contribution in [3.8, 4) is 0 Å². The number of hydrogen-bond donors (Lipinski definition) is 1. The number of aromatic nitrogens is 1. The number of anilines is 1. The van der Waals surface area contributed by atoms with Gasteiger partial charge in [0.25, 0.3) is 0 Å². The van der Waals surface area contributed by atoms with E-state index < -0.39 is 0 Å². The standard InChI is InChI=1S/C12H17N3O2/c16-8-3-11-1-2-12(13-9-11)15-6-4-14(10-17)5-7-15/h1-2,9-10,16H,3-8H2. The first kappa shape index (κ1) is 11.9. The van der Waals surface area contributed by atoms with Gasteiger partial charge in [-0.15, -0.1) is 0 Å². The van der Waals surface area contributed by atoms with Crippen LogP contribution in [0, 0.1) is 0 Å². The smallest absolute Gasteiger partial charge is 0.209 e. The Morgan fingerprint density at radius 2 is 2.06 bits per heavy atom. The van der Waals surface area contributed by atoms with E-state index in [1.54, 1.807) is 11.1 Å². The van der Waals surface area contributed by atoms with Crippen molar-refractivity contribution in [3.63, 3.8) is 0 Å². The van der Waals surface area contributed by atoms with E-state index in [4.69, 9.17) is 5.11 Å².